The van der Waals surface area contributed by atoms with Crippen LogP contribution in [0.1, 0.15) is 10.6 Å². The van der Waals surface area contributed by atoms with Crippen molar-refractivity contribution in [3.63, 3.8) is 0 Å². The molecule has 21 heavy (non-hydrogen) atoms. The van der Waals surface area contributed by atoms with Gasteiger partial charge >= 0.3 is 0 Å². The van der Waals surface area contributed by atoms with Gasteiger partial charge in [-0.3, -0.25) is 15.1 Å². The number of para-hydroxylation sites is 1. The van der Waals surface area contributed by atoms with E-state index in [0.29, 0.717) is 5.13 Å². The number of carbonyl (C=O) groups excluding carboxylic acids is 1. The molecule has 5 nitrogen and oxygen atoms in total. The Kier molecular flexibility index (Phi) is 3.70. The molecule has 2 heterocycles. The van der Waals surface area contributed by atoms with Crippen LogP contribution in [-0.4, -0.2) is 21.1 Å². The van der Waals surface area contributed by atoms with Crippen LogP contribution < -0.4 is 5.32 Å². The fourth-order valence-electron chi connectivity index (χ4n) is 1.92. The second-order valence-corrected chi connectivity index (χ2v) is 5.55. The highest BCUT2D eigenvalue weighted by Gasteiger charge is 2.04. The summed E-state index contributed by atoms with van der Waals surface area (Å²) in [5, 5.41) is 12.7. The average Bonchev–Trinajstić information content (AvgIpc) is 2.90. The number of rotatable bonds is 3. The monoisotopic (exact) mass is 296 g/mol. The molecule has 3 aromatic rings. The first kappa shape index (κ1) is 13.4. The van der Waals surface area contributed by atoms with Gasteiger partial charge in [-0.2, -0.15) is 0 Å². The smallest absolute Gasteiger partial charge is 0.250 e. The van der Waals surface area contributed by atoms with E-state index >= 15 is 0 Å². The van der Waals surface area contributed by atoms with E-state index in [1.807, 2.05) is 37.3 Å². The van der Waals surface area contributed by atoms with Crippen molar-refractivity contribution in [3.05, 3.63) is 53.2 Å². The highest BCUT2D eigenvalue weighted by Crippen LogP contribution is 2.17. The maximum absolute atomic E-state index is 11.9. The van der Waals surface area contributed by atoms with E-state index in [4.69, 9.17) is 0 Å². The number of anilines is 1. The Bertz CT molecular complexity index is 820. The van der Waals surface area contributed by atoms with Gasteiger partial charge in [-0.1, -0.05) is 35.6 Å². The van der Waals surface area contributed by atoms with Crippen LogP contribution in [0, 0.1) is 6.92 Å². The van der Waals surface area contributed by atoms with Crippen LogP contribution in [-0.2, 0) is 4.79 Å². The minimum absolute atomic E-state index is 0.237. The van der Waals surface area contributed by atoms with Crippen LogP contribution in [0.3, 0.4) is 0 Å². The Hall–Kier alpha value is -2.60. The Morgan fingerprint density at radius 2 is 2.10 bits per heavy atom. The van der Waals surface area contributed by atoms with Crippen LogP contribution >= 0.6 is 11.3 Å². The molecule has 0 aliphatic heterocycles. The number of fused-ring (bicyclic) bond motifs is 1. The van der Waals surface area contributed by atoms with Crippen LogP contribution in [0.2, 0.25) is 0 Å². The summed E-state index contributed by atoms with van der Waals surface area (Å²) >= 11 is 1.34. The van der Waals surface area contributed by atoms with Gasteiger partial charge in [0.25, 0.3) is 0 Å². The van der Waals surface area contributed by atoms with E-state index < -0.39 is 0 Å². The normalized spacial score (nSPS) is 11.1. The second-order valence-electron chi connectivity index (χ2n) is 4.37. The summed E-state index contributed by atoms with van der Waals surface area (Å²) in [7, 11) is 0. The van der Waals surface area contributed by atoms with Crippen LogP contribution in [0.4, 0.5) is 5.13 Å². The summed E-state index contributed by atoms with van der Waals surface area (Å²) < 4.78 is 0. The van der Waals surface area contributed by atoms with Gasteiger partial charge in [0.15, 0.2) is 0 Å². The second kappa shape index (κ2) is 5.80. The molecular weight excluding hydrogens is 284 g/mol. The van der Waals surface area contributed by atoms with E-state index in [2.05, 4.69) is 20.5 Å². The summed E-state index contributed by atoms with van der Waals surface area (Å²) in [5.41, 5.74) is 1.77. The van der Waals surface area contributed by atoms with Crippen LogP contribution in [0.5, 0.6) is 0 Å². The standard InChI is InChI=1S/C15H12N4OS/c1-10-18-19-15(21-10)17-13(20)8-7-12-5-2-4-11-6-3-9-16-14(11)12/h2-9H,1H3,(H,17,19,20)/b8-7+. The molecule has 0 atom stereocenters. The van der Waals surface area contributed by atoms with Crippen molar-refractivity contribution in [2.24, 2.45) is 0 Å². The van der Waals surface area contributed by atoms with Crippen molar-refractivity contribution in [3.8, 4) is 0 Å². The van der Waals surface area contributed by atoms with Crippen molar-refractivity contribution in [2.75, 3.05) is 5.32 Å². The van der Waals surface area contributed by atoms with Crippen molar-refractivity contribution in [1.29, 1.82) is 0 Å². The van der Waals surface area contributed by atoms with Crippen molar-refractivity contribution < 1.29 is 4.79 Å². The van der Waals surface area contributed by atoms with Gasteiger partial charge in [-0.25, -0.2) is 0 Å². The molecular formula is C15H12N4OS. The van der Waals surface area contributed by atoms with Gasteiger partial charge in [-0.05, 0) is 19.1 Å². The van der Waals surface area contributed by atoms with Crippen LogP contribution in [0.15, 0.2) is 42.6 Å². The largest absolute Gasteiger partial charge is 0.297 e. The number of hydrogen-bond donors (Lipinski definition) is 1. The van der Waals surface area contributed by atoms with Gasteiger partial charge in [0, 0.05) is 23.2 Å². The predicted molar refractivity (Wildman–Crippen MR) is 84.1 cm³/mol. The Morgan fingerprint density at radius 1 is 1.24 bits per heavy atom. The Labute approximate surface area is 125 Å². The molecule has 0 bridgehead atoms. The fourth-order valence-corrected chi connectivity index (χ4v) is 2.52. The highest BCUT2D eigenvalue weighted by atomic mass is 32.1. The fraction of sp³-hybridized carbons (Fsp3) is 0.0667. The summed E-state index contributed by atoms with van der Waals surface area (Å²) in [5.74, 6) is -0.237. The first-order valence-electron chi connectivity index (χ1n) is 6.35. The molecule has 6 heteroatoms. The number of hydrogen-bond acceptors (Lipinski definition) is 5. The van der Waals surface area contributed by atoms with Gasteiger partial charge < -0.3 is 0 Å². The summed E-state index contributed by atoms with van der Waals surface area (Å²) in [6, 6.07) is 9.73. The van der Waals surface area contributed by atoms with E-state index in [1.54, 1.807) is 12.3 Å². The number of amides is 1. The molecule has 0 saturated heterocycles. The Morgan fingerprint density at radius 3 is 2.90 bits per heavy atom. The number of aromatic nitrogens is 3. The van der Waals surface area contributed by atoms with Crippen molar-refractivity contribution in [2.45, 2.75) is 6.92 Å². The molecule has 0 radical (unpaired) electrons. The van der Waals surface area contributed by atoms with Crippen LogP contribution in [0.25, 0.3) is 17.0 Å². The van der Waals surface area contributed by atoms with Crippen molar-refractivity contribution >= 4 is 39.4 Å². The highest BCUT2D eigenvalue weighted by molar-refractivity contribution is 7.15. The molecule has 1 N–H and O–H groups in total. The average molecular weight is 296 g/mol. The molecule has 1 amide bonds. The van der Waals surface area contributed by atoms with Crippen molar-refractivity contribution in [1.82, 2.24) is 15.2 Å². The lowest BCUT2D eigenvalue weighted by molar-refractivity contribution is -0.111. The number of nitrogens with zero attached hydrogens (tertiary/aromatic N) is 3. The summed E-state index contributed by atoms with van der Waals surface area (Å²) in [4.78, 5) is 16.2. The minimum Gasteiger partial charge on any atom is -0.297 e. The third kappa shape index (κ3) is 3.11. The lowest BCUT2D eigenvalue weighted by Gasteiger charge is -2.00. The molecule has 0 spiro atoms. The van der Waals surface area contributed by atoms with Gasteiger partial charge in [0.2, 0.25) is 11.0 Å². The third-order valence-corrected chi connectivity index (χ3v) is 3.59. The number of benzene rings is 1. The molecule has 2 aromatic heterocycles. The molecule has 104 valence electrons. The summed E-state index contributed by atoms with van der Waals surface area (Å²) in [6.45, 7) is 1.84. The number of carbonyl (C=O) groups is 1. The molecule has 0 aliphatic carbocycles. The van der Waals surface area contributed by atoms with Gasteiger partial charge in [-0.15, -0.1) is 10.2 Å². The number of nitrogens with one attached hydrogen (secondary N) is 1. The molecule has 0 saturated carbocycles. The van der Waals surface area contributed by atoms with Gasteiger partial charge in [0.05, 0.1) is 5.52 Å². The zero-order valence-corrected chi connectivity index (χ0v) is 12.1. The molecule has 3 rings (SSSR count). The lowest BCUT2D eigenvalue weighted by Crippen LogP contribution is -2.07. The van der Waals surface area contributed by atoms with E-state index in [9.17, 15) is 4.79 Å². The van der Waals surface area contributed by atoms with E-state index in [0.717, 1.165) is 21.5 Å². The predicted octanol–water partition coefficient (Wildman–Crippen LogP) is 3.05. The maximum Gasteiger partial charge on any atom is 0.250 e. The topological polar surface area (TPSA) is 67.8 Å². The molecule has 1 aromatic carbocycles. The van der Waals surface area contributed by atoms with E-state index in [-0.39, 0.29) is 5.91 Å². The summed E-state index contributed by atoms with van der Waals surface area (Å²) in [6.07, 6.45) is 4.96. The Balaban J connectivity index is 1.79. The molecule has 0 unspecified atom stereocenters. The third-order valence-electron chi connectivity index (χ3n) is 2.83. The van der Waals surface area contributed by atoms with Gasteiger partial charge in [0.1, 0.15) is 5.01 Å². The molecule has 0 fully saturated rings. The first-order chi connectivity index (χ1) is 10.2. The van der Waals surface area contributed by atoms with E-state index in [1.165, 1.54) is 17.4 Å². The first-order valence-corrected chi connectivity index (χ1v) is 7.17. The number of aryl methyl sites for hydroxylation is 1. The zero-order chi connectivity index (χ0) is 14.7. The molecule has 0 aliphatic rings. The SMILES string of the molecule is Cc1nnc(NC(=O)/C=C/c2cccc3cccnc23)s1. The quantitative estimate of drug-likeness (QED) is 0.754. The zero-order valence-electron chi connectivity index (χ0n) is 11.3. The number of pyridine rings is 1. The lowest BCUT2D eigenvalue weighted by atomic mass is 10.1. The minimum atomic E-state index is -0.237. The maximum atomic E-state index is 11.9.